The fraction of sp³-hybridized carbons (Fsp3) is 0.455. The van der Waals surface area contributed by atoms with Gasteiger partial charge in [-0.3, -0.25) is 0 Å². The van der Waals surface area contributed by atoms with E-state index in [1.165, 1.54) is 6.07 Å². The lowest BCUT2D eigenvalue weighted by atomic mass is 10.1. The predicted octanol–water partition coefficient (Wildman–Crippen LogP) is 1.37. The van der Waals surface area contributed by atoms with Crippen LogP contribution in [-0.2, 0) is 10.0 Å². The molecule has 1 aromatic carbocycles. The van der Waals surface area contributed by atoms with Crippen molar-refractivity contribution in [2.24, 2.45) is 0 Å². The fourth-order valence-corrected chi connectivity index (χ4v) is 3.44. The minimum absolute atomic E-state index is 0.0345. The molecule has 0 spiro atoms. The Bertz CT molecular complexity index is 484. The number of nitrogens with one attached hydrogen (secondary N) is 2. The fourth-order valence-electron chi connectivity index (χ4n) is 1.87. The second-order valence-electron chi connectivity index (χ2n) is 4.12. The first kappa shape index (κ1) is 12.8. The van der Waals surface area contributed by atoms with Crippen molar-refractivity contribution in [2.75, 3.05) is 13.1 Å². The Morgan fingerprint density at radius 1 is 1.41 bits per heavy atom. The van der Waals surface area contributed by atoms with Crippen LogP contribution >= 0.6 is 11.6 Å². The summed E-state index contributed by atoms with van der Waals surface area (Å²) >= 11 is 5.79. The van der Waals surface area contributed by atoms with Gasteiger partial charge >= 0.3 is 0 Å². The van der Waals surface area contributed by atoms with Crippen molar-refractivity contribution in [3.8, 4) is 0 Å². The van der Waals surface area contributed by atoms with Crippen molar-refractivity contribution in [3.63, 3.8) is 0 Å². The average Bonchev–Trinajstić information content (AvgIpc) is 2.30. The van der Waals surface area contributed by atoms with E-state index < -0.39 is 10.0 Å². The molecule has 94 valence electrons. The molecule has 1 fully saturated rings. The molecule has 2 N–H and O–H groups in total. The van der Waals surface area contributed by atoms with E-state index in [1.807, 2.05) is 0 Å². The molecule has 0 saturated carbocycles. The Hall–Kier alpha value is -0.620. The van der Waals surface area contributed by atoms with Gasteiger partial charge in [0.1, 0.15) is 0 Å². The highest BCUT2D eigenvalue weighted by molar-refractivity contribution is 7.89. The lowest BCUT2D eigenvalue weighted by Crippen LogP contribution is -2.45. The quantitative estimate of drug-likeness (QED) is 0.875. The Labute approximate surface area is 106 Å². The van der Waals surface area contributed by atoms with Crippen LogP contribution < -0.4 is 10.0 Å². The van der Waals surface area contributed by atoms with Gasteiger partial charge in [-0.25, -0.2) is 13.1 Å². The van der Waals surface area contributed by atoms with Crippen molar-refractivity contribution in [2.45, 2.75) is 23.8 Å². The third-order valence-corrected chi connectivity index (χ3v) is 4.48. The molecule has 6 heteroatoms. The lowest BCUT2D eigenvalue weighted by molar-refractivity contribution is 0.428. The number of rotatable bonds is 3. The molecular weight excluding hydrogens is 260 g/mol. The largest absolute Gasteiger partial charge is 0.315 e. The van der Waals surface area contributed by atoms with Crippen molar-refractivity contribution in [3.05, 3.63) is 29.3 Å². The summed E-state index contributed by atoms with van der Waals surface area (Å²) in [5.41, 5.74) is 0. The molecule has 17 heavy (non-hydrogen) atoms. The van der Waals surface area contributed by atoms with E-state index in [0.717, 1.165) is 19.4 Å². The van der Waals surface area contributed by atoms with E-state index in [0.29, 0.717) is 11.6 Å². The minimum atomic E-state index is -3.46. The van der Waals surface area contributed by atoms with Gasteiger partial charge in [-0.15, -0.1) is 0 Å². The SMILES string of the molecule is O=S(=O)(N[C@@H]1CCCNC1)c1cccc(Cl)c1. The number of sulfonamides is 1. The molecule has 1 aliphatic heterocycles. The summed E-state index contributed by atoms with van der Waals surface area (Å²) in [7, 11) is -3.46. The van der Waals surface area contributed by atoms with E-state index in [1.54, 1.807) is 18.2 Å². The summed E-state index contributed by atoms with van der Waals surface area (Å²) in [4.78, 5) is 0.218. The van der Waals surface area contributed by atoms with Gasteiger partial charge in [0.05, 0.1) is 4.90 Å². The topological polar surface area (TPSA) is 58.2 Å². The number of halogens is 1. The molecule has 0 bridgehead atoms. The van der Waals surface area contributed by atoms with E-state index in [2.05, 4.69) is 10.0 Å². The Morgan fingerprint density at radius 2 is 2.24 bits per heavy atom. The number of hydrogen-bond donors (Lipinski definition) is 2. The van der Waals surface area contributed by atoms with E-state index >= 15 is 0 Å². The molecule has 4 nitrogen and oxygen atoms in total. The van der Waals surface area contributed by atoms with Gasteiger partial charge in [-0.05, 0) is 37.6 Å². The van der Waals surface area contributed by atoms with Crippen LogP contribution in [-0.4, -0.2) is 27.5 Å². The van der Waals surface area contributed by atoms with Crippen LogP contribution in [0.2, 0.25) is 5.02 Å². The van der Waals surface area contributed by atoms with E-state index in [-0.39, 0.29) is 10.9 Å². The molecule has 2 rings (SSSR count). The first-order valence-corrected chi connectivity index (χ1v) is 7.43. The second kappa shape index (κ2) is 5.35. The highest BCUT2D eigenvalue weighted by atomic mass is 35.5. The van der Waals surface area contributed by atoms with Gasteiger partial charge < -0.3 is 5.32 Å². The van der Waals surface area contributed by atoms with Crippen molar-refractivity contribution in [1.82, 2.24) is 10.0 Å². The molecule has 1 aliphatic rings. The van der Waals surface area contributed by atoms with Crippen molar-refractivity contribution in [1.29, 1.82) is 0 Å². The molecule has 0 amide bonds. The molecule has 1 saturated heterocycles. The van der Waals surface area contributed by atoms with E-state index in [9.17, 15) is 8.42 Å². The second-order valence-corrected chi connectivity index (χ2v) is 6.27. The number of piperidine rings is 1. The predicted molar refractivity (Wildman–Crippen MR) is 67.7 cm³/mol. The standard InChI is InChI=1S/C11H15ClN2O2S/c12-9-3-1-5-11(7-9)17(15,16)14-10-4-2-6-13-8-10/h1,3,5,7,10,13-14H,2,4,6,8H2/t10-/m1/s1. The maximum atomic E-state index is 12.1. The Kier molecular flexibility index (Phi) is 4.04. The Balaban J connectivity index is 2.13. The number of hydrogen-bond acceptors (Lipinski definition) is 3. The van der Waals surface area contributed by atoms with Gasteiger partial charge in [-0.2, -0.15) is 0 Å². The van der Waals surface area contributed by atoms with Gasteiger partial charge in [-0.1, -0.05) is 17.7 Å². The highest BCUT2D eigenvalue weighted by Gasteiger charge is 2.21. The van der Waals surface area contributed by atoms with Crippen LogP contribution in [0, 0.1) is 0 Å². The molecule has 0 unspecified atom stereocenters. The molecule has 1 aromatic rings. The van der Waals surface area contributed by atoms with E-state index in [4.69, 9.17) is 11.6 Å². The lowest BCUT2D eigenvalue weighted by Gasteiger charge is -2.23. The van der Waals surface area contributed by atoms with Crippen molar-refractivity contribution < 1.29 is 8.42 Å². The summed E-state index contributed by atoms with van der Waals surface area (Å²) in [6.07, 6.45) is 1.86. The third kappa shape index (κ3) is 3.42. The van der Waals surface area contributed by atoms with Crippen LogP contribution in [0.5, 0.6) is 0 Å². The molecule has 1 atom stereocenters. The molecule has 0 aliphatic carbocycles. The van der Waals surface area contributed by atoms with Crippen LogP contribution in [0.15, 0.2) is 29.2 Å². The molecule has 1 heterocycles. The normalized spacial score (nSPS) is 21.4. The smallest absolute Gasteiger partial charge is 0.240 e. The average molecular weight is 275 g/mol. The zero-order valence-corrected chi connectivity index (χ0v) is 10.9. The zero-order valence-electron chi connectivity index (χ0n) is 9.32. The first-order valence-electron chi connectivity index (χ1n) is 5.56. The van der Waals surface area contributed by atoms with Crippen LogP contribution in [0.1, 0.15) is 12.8 Å². The molecule has 0 aromatic heterocycles. The van der Waals surface area contributed by atoms with Crippen LogP contribution in [0.25, 0.3) is 0 Å². The third-order valence-electron chi connectivity index (χ3n) is 2.73. The first-order chi connectivity index (χ1) is 8.08. The van der Waals surface area contributed by atoms with Gasteiger partial charge in [0, 0.05) is 17.6 Å². The monoisotopic (exact) mass is 274 g/mol. The van der Waals surface area contributed by atoms with Gasteiger partial charge in [0.25, 0.3) is 0 Å². The summed E-state index contributed by atoms with van der Waals surface area (Å²) < 4.78 is 26.8. The summed E-state index contributed by atoms with van der Waals surface area (Å²) in [5.74, 6) is 0. The zero-order chi connectivity index (χ0) is 12.3. The van der Waals surface area contributed by atoms with Gasteiger partial charge in [0.2, 0.25) is 10.0 Å². The highest BCUT2D eigenvalue weighted by Crippen LogP contribution is 2.16. The minimum Gasteiger partial charge on any atom is -0.315 e. The molecule has 0 radical (unpaired) electrons. The maximum Gasteiger partial charge on any atom is 0.240 e. The van der Waals surface area contributed by atoms with Crippen LogP contribution in [0.4, 0.5) is 0 Å². The summed E-state index contributed by atoms with van der Waals surface area (Å²) in [6, 6.07) is 6.26. The maximum absolute atomic E-state index is 12.1. The van der Waals surface area contributed by atoms with Gasteiger partial charge in [0.15, 0.2) is 0 Å². The summed E-state index contributed by atoms with van der Waals surface area (Å²) in [6.45, 7) is 1.63. The number of benzene rings is 1. The molecular formula is C11H15ClN2O2S. The Morgan fingerprint density at radius 3 is 2.88 bits per heavy atom. The summed E-state index contributed by atoms with van der Waals surface area (Å²) in [5, 5.41) is 3.59. The van der Waals surface area contributed by atoms with Crippen LogP contribution in [0.3, 0.4) is 0 Å². The van der Waals surface area contributed by atoms with Crippen molar-refractivity contribution >= 4 is 21.6 Å².